The summed E-state index contributed by atoms with van der Waals surface area (Å²) in [5.41, 5.74) is 4.49. The van der Waals surface area contributed by atoms with Crippen LogP contribution in [0, 0.1) is 17.0 Å². The number of nitro benzene ring substituents is 1. The molecule has 1 amide bonds. The summed E-state index contributed by atoms with van der Waals surface area (Å²) >= 11 is 5.72. The molecule has 0 spiro atoms. The van der Waals surface area contributed by atoms with Crippen LogP contribution in [0.4, 0.5) is 11.4 Å². The Morgan fingerprint density at radius 3 is 2.79 bits per heavy atom. The second kappa shape index (κ2) is 8.07. The number of hydrazone groups is 1. The fourth-order valence-electron chi connectivity index (χ4n) is 1.91. The first-order valence-electron chi connectivity index (χ1n) is 7.02. The highest BCUT2D eigenvalue weighted by Gasteiger charge is 2.11. The Hall–Kier alpha value is -2.93. The number of nitrogens with zero attached hydrogens (tertiary/aromatic N) is 2. The lowest BCUT2D eigenvalue weighted by molar-refractivity contribution is -0.384. The molecule has 8 heteroatoms. The quantitative estimate of drug-likeness (QED) is 0.477. The normalized spacial score (nSPS) is 10.6. The lowest BCUT2D eigenvalue weighted by Crippen LogP contribution is -2.26. The third-order valence-electron chi connectivity index (χ3n) is 3.15. The van der Waals surface area contributed by atoms with Crippen molar-refractivity contribution in [3.05, 3.63) is 68.7 Å². The summed E-state index contributed by atoms with van der Waals surface area (Å²) < 4.78 is 0. The number of nitro groups is 1. The summed E-state index contributed by atoms with van der Waals surface area (Å²) in [7, 11) is 0. The van der Waals surface area contributed by atoms with E-state index in [0.29, 0.717) is 5.56 Å². The topological polar surface area (TPSA) is 96.6 Å². The highest BCUT2D eigenvalue weighted by atomic mass is 35.5. The zero-order chi connectivity index (χ0) is 17.5. The largest absolute Gasteiger partial charge is 0.376 e. The molecule has 124 valence electrons. The SMILES string of the molecule is Cc1ccccc1NCC(=O)NN=Cc1ccc(Cl)c([N+](=O)[O-])c1. The smallest absolute Gasteiger partial charge is 0.288 e. The van der Waals surface area contributed by atoms with Crippen molar-refractivity contribution >= 4 is 35.1 Å². The molecule has 0 unspecified atom stereocenters. The number of para-hydroxylation sites is 1. The summed E-state index contributed by atoms with van der Waals surface area (Å²) in [5.74, 6) is -0.335. The van der Waals surface area contributed by atoms with Crippen LogP contribution in [-0.4, -0.2) is 23.6 Å². The van der Waals surface area contributed by atoms with Crippen molar-refractivity contribution in [2.45, 2.75) is 6.92 Å². The van der Waals surface area contributed by atoms with Crippen LogP contribution in [0.5, 0.6) is 0 Å². The Bertz CT molecular complexity index is 793. The van der Waals surface area contributed by atoms with Crippen LogP contribution < -0.4 is 10.7 Å². The molecule has 0 aromatic heterocycles. The van der Waals surface area contributed by atoms with Gasteiger partial charge in [-0.1, -0.05) is 35.9 Å². The van der Waals surface area contributed by atoms with Crippen molar-refractivity contribution in [3.63, 3.8) is 0 Å². The lowest BCUT2D eigenvalue weighted by atomic mass is 10.2. The Morgan fingerprint density at radius 2 is 2.08 bits per heavy atom. The lowest BCUT2D eigenvalue weighted by Gasteiger charge is -2.07. The van der Waals surface area contributed by atoms with Gasteiger partial charge in [-0.15, -0.1) is 0 Å². The highest BCUT2D eigenvalue weighted by molar-refractivity contribution is 6.32. The monoisotopic (exact) mass is 346 g/mol. The van der Waals surface area contributed by atoms with Crippen LogP contribution in [0.3, 0.4) is 0 Å². The van der Waals surface area contributed by atoms with Crippen LogP contribution in [0.1, 0.15) is 11.1 Å². The second-order valence-corrected chi connectivity index (χ2v) is 5.34. The van der Waals surface area contributed by atoms with E-state index in [2.05, 4.69) is 15.8 Å². The number of hydrogen-bond acceptors (Lipinski definition) is 5. The maximum absolute atomic E-state index is 11.7. The van der Waals surface area contributed by atoms with Crippen molar-refractivity contribution in [2.75, 3.05) is 11.9 Å². The van der Waals surface area contributed by atoms with E-state index in [9.17, 15) is 14.9 Å². The molecule has 0 bridgehead atoms. The van der Waals surface area contributed by atoms with Crippen LogP contribution in [0.25, 0.3) is 0 Å². The predicted molar refractivity (Wildman–Crippen MR) is 93.5 cm³/mol. The van der Waals surface area contributed by atoms with E-state index in [1.54, 1.807) is 6.07 Å². The van der Waals surface area contributed by atoms with Gasteiger partial charge in [0, 0.05) is 17.3 Å². The van der Waals surface area contributed by atoms with Crippen LogP contribution in [0.15, 0.2) is 47.6 Å². The minimum absolute atomic E-state index is 0.0450. The zero-order valence-electron chi connectivity index (χ0n) is 12.8. The molecule has 0 aliphatic carbocycles. The number of carbonyl (C=O) groups is 1. The molecular weight excluding hydrogens is 332 g/mol. The molecule has 0 aliphatic rings. The fraction of sp³-hybridized carbons (Fsp3) is 0.125. The highest BCUT2D eigenvalue weighted by Crippen LogP contribution is 2.24. The maximum atomic E-state index is 11.7. The number of nitrogens with one attached hydrogen (secondary N) is 2. The fourth-order valence-corrected chi connectivity index (χ4v) is 2.10. The molecule has 0 aliphatic heterocycles. The summed E-state index contributed by atoms with van der Waals surface area (Å²) in [6, 6.07) is 11.8. The summed E-state index contributed by atoms with van der Waals surface area (Å²) in [6.45, 7) is 1.99. The molecular formula is C16H15ClN4O3. The van der Waals surface area contributed by atoms with Crippen LogP contribution in [-0.2, 0) is 4.79 Å². The van der Waals surface area contributed by atoms with E-state index < -0.39 is 4.92 Å². The van der Waals surface area contributed by atoms with Crippen molar-refractivity contribution in [2.24, 2.45) is 5.10 Å². The number of aryl methyl sites for hydroxylation is 1. The van der Waals surface area contributed by atoms with Crippen molar-refractivity contribution in [1.29, 1.82) is 0 Å². The van der Waals surface area contributed by atoms with E-state index in [0.717, 1.165) is 11.3 Å². The third kappa shape index (κ3) is 4.79. The number of carbonyl (C=O) groups excluding carboxylic acids is 1. The van der Waals surface area contributed by atoms with Gasteiger partial charge in [0.05, 0.1) is 17.7 Å². The van der Waals surface area contributed by atoms with Crippen molar-refractivity contribution in [1.82, 2.24) is 5.43 Å². The van der Waals surface area contributed by atoms with Crippen LogP contribution in [0.2, 0.25) is 5.02 Å². The van der Waals surface area contributed by atoms with Gasteiger partial charge in [-0.25, -0.2) is 5.43 Å². The number of halogens is 1. The Kier molecular flexibility index (Phi) is 5.86. The molecule has 0 radical (unpaired) electrons. The van der Waals surface area contributed by atoms with Gasteiger partial charge in [0.25, 0.3) is 11.6 Å². The maximum Gasteiger partial charge on any atom is 0.288 e. The number of hydrogen-bond donors (Lipinski definition) is 2. The zero-order valence-corrected chi connectivity index (χ0v) is 13.6. The molecule has 0 atom stereocenters. The first-order chi connectivity index (χ1) is 11.5. The molecule has 24 heavy (non-hydrogen) atoms. The van der Waals surface area contributed by atoms with E-state index in [1.807, 2.05) is 31.2 Å². The molecule has 0 saturated carbocycles. The molecule has 2 aromatic rings. The number of rotatable bonds is 6. The standard InChI is InChI=1S/C16H15ClN4O3/c1-11-4-2-3-5-14(11)18-10-16(22)20-19-9-12-6-7-13(17)15(8-12)21(23)24/h2-9,18H,10H2,1H3,(H,20,22). The second-order valence-electron chi connectivity index (χ2n) is 4.93. The minimum atomic E-state index is -0.579. The van der Waals surface area contributed by atoms with Gasteiger partial charge < -0.3 is 5.32 Å². The van der Waals surface area contributed by atoms with E-state index in [1.165, 1.54) is 18.3 Å². The summed E-state index contributed by atoms with van der Waals surface area (Å²) in [4.78, 5) is 22.0. The van der Waals surface area contributed by atoms with Crippen molar-refractivity contribution in [3.8, 4) is 0 Å². The Balaban J connectivity index is 1.90. The summed E-state index contributed by atoms with van der Waals surface area (Å²) in [5, 5.41) is 17.6. The number of benzene rings is 2. The first-order valence-corrected chi connectivity index (χ1v) is 7.40. The average Bonchev–Trinajstić information content (AvgIpc) is 2.55. The summed E-state index contributed by atoms with van der Waals surface area (Å²) in [6.07, 6.45) is 1.31. The van der Waals surface area contributed by atoms with Gasteiger partial charge in [0.15, 0.2) is 0 Å². The molecule has 2 N–H and O–H groups in total. The number of amides is 1. The Labute approximate surface area is 143 Å². The van der Waals surface area contributed by atoms with Gasteiger partial charge >= 0.3 is 0 Å². The van der Waals surface area contributed by atoms with E-state index in [4.69, 9.17) is 11.6 Å². The van der Waals surface area contributed by atoms with Gasteiger partial charge in [-0.3, -0.25) is 14.9 Å². The van der Waals surface area contributed by atoms with Gasteiger partial charge in [0.2, 0.25) is 0 Å². The van der Waals surface area contributed by atoms with Crippen molar-refractivity contribution < 1.29 is 9.72 Å². The van der Waals surface area contributed by atoms with Crippen LogP contribution >= 0.6 is 11.6 Å². The molecule has 2 aromatic carbocycles. The van der Waals surface area contributed by atoms with Gasteiger partial charge in [-0.05, 0) is 24.6 Å². The third-order valence-corrected chi connectivity index (χ3v) is 3.47. The molecule has 2 rings (SSSR count). The molecule has 7 nitrogen and oxygen atoms in total. The predicted octanol–water partition coefficient (Wildman–Crippen LogP) is 3.12. The minimum Gasteiger partial charge on any atom is -0.376 e. The van der Waals surface area contributed by atoms with E-state index >= 15 is 0 Å². The Morgan fingerprint density at radius 1 is 1.33 bits per heavy atom. The molecule has 0 saturated heterocycles. The van der Waals surface area contributed by atoms with Gasteiger partial charge in [0.1, 0.15) is 5.02 Å². The molecule has 0 heterocycles. The van der Waals surface area contributed by atoms with Gasteiger partial charge in [-0.2, -0.15) is 5.10 Å². The molecule has 0 fully saturated rings. The first kappa shape index (κ1) is 17.4. The number of anilines is 1. The van der Waals surface area contributed by atoms with E-state index in [-0.39, 0.29) is 23.2 Å². The average molecular weight is 347 g/mol.